The molecule has 0 rings (SSSR count). The lowest BCUT2D eigenvalue weighted by molar-refractivity contribution is -0.140. The molecule has 74 valence electrons. The van der Waals surface area contributed by atoms with Gasteiger partial charge in [-0.05, 0) is 26.5 Å². The van der Waals surface area contributed by atoms with E-state index in [1.54, 1.807) is 0 Å². The van der Waals surface area contributed by atoms with Crippen molar-refractivity contribution in [2.75, 3.05) is 13.1 Å². The van der Waals surface area contributed by atoms with Gasteiger partial charge in [-0.2, -0.15) is 0 Å². The molecule has 0 aliphatic rings. The molecule has 2 heteroatoms. The van der Waals surface area contributed by atoms with Gasteiger partial charge >= 0.3 is 0 Å². The van der Waals surface area contributed by atoms with Gasteiger partial charge in [0, 0.05) is 21.3 Å². The molecule has 0 fully saturated rings. The Labute approximate surface area is 90.3 Å². The van der Waals surface area contributed by atoms with Crippen LogP contribution in [-0.4, -0.2) is 19.4 Å². The Balaban J connectivity index is 5.06. The molecule has 0 spiro atoms. The maximum atomic E-state index is 7.39. The fourth-order valence-electron chi connectivity index (χ4n) is 0.834. The van der Waals surface area contributed by atoms with Crippen LogP contribution < -0.4 is 0 Å². The van der Waals surface area contributed by atoms with Gasteiger partial charge in [-0.15, -0.1) is 0 Å². The molecule has 0 saturated heterocycles. The highest BCUT2D eigenvalue weighted by atomic mass is 16.7. The van der Waals surface area contributed by atoms with E-state index in [2.05, 4.69) is 0 Å². The van der Waals surface area contributed by atoms with Crippen LogP contribution in [0, 0.1) is 0 Å². The Morgan fingerprint density at radius 2 is 1.92 bits per heavy atom. The van der Waals surface area contributed by atoms with Crippen LogP contribution in [0.4, 0.5) is 0 Å². The van der Waals surface area contributed by atoms with E-state index in [1.165, 1.54) is 0 Å². The molecule has 0 aromatic carbocycles. The number of ether oxygens (including phenoxy) is 2. The average molecular weight is 184 g/mol. The first-order chi connectivity index (χ1) is 9.64. The van der Waals surface area contributed by atoms with Crippen LogP contribution in [0.1, 0.15) is 60.0 Å². The molecule has 0 amide bonds. The van der Waals surface area contributed by atoms with Crippen LogP contribution in [0.5, 0.6) is 0 Å². The summed E-state index contributed by atoms with van der Waals surface area (Å²) in [6.07, 6.45) is 0.341. The van der Waals surface area contributed by atoms with E-state index in [9.17, 15) is 0 Å². The van der Waals surface area contributed by atoms with Crippen LogP contribution in [0.15, 0.2) is 0 Å². The van der Waals surface area contributed by atoms with Gasteiger partial charge in [-0.25, -0.2) is 0 Å². The maximum absolute atomic E-state index is 7.39. The lowest BCUT2D eigenvalue weighted by Gasteiger charge is -2.16. The molecule has 0 unspecified atom stereocenters. The third kappa shape index (κ3) is 6.62. The molecular formula is C10H22O2. The second kappa shape index (κ2) is 9.01. The highest BCUT2D eigenvalue weighted by Gasteiger charge is 2.05. The van der Waals surface area contributed by atoms with Crippen LogP contribution in [0.25, 0.3) is 0 Å². The summed E-state index contributed by atoms with van der Waals surface area (Å²) in [5.74, 6) is 0. The molecule has 0 N–H and O–H groups in total. The van der Waals surface area contributed by atoms with Gasteiger partial charge < -0.3 is 9.47 Å². The van der Waals surface area contributed by atoms with E-state index in [4.69, 9.17) is 23.2 Å². The number of unbranched alkanes of at least 4 members (excludes halogenated alkanes) is 2. The smallest absolute Gasteiger partial charge is 0.157 e. The summed E-state index contributed by atoms with van der Waals surface area (Å²) < 4.78 is 81.4. The minimum atomic E-state index is -3.11. The molecule has 0 aromatic rings. The second-order valence-electron chi connectivity index (χ2n) is 2.37. The van der Waals surface area contributed by atoms with Crippen molar-refractivity contribution in [2.45, 2.75) is 52.6 Å². The summed E-state index contributed by atoms with van der Waals surface area (Å²) in [5.41, 5.74) is 0. The average Bonchev–Trinajstić information content (AvgIpc) is 2.24. The largest absolute Gasteiger partial charge is 0.353 e. The third-order valence-electron chi connectivity index (χ3n) is 1.42. The topological polar surface area (TPSA) is 18.5 Å². The van der Waals surface area contributed by atoms with Gasteiger partial charge in [-0.1, -0.05) is 19.8 Å². The van der Waals surface area contributed by atoms with Crippen molar-refractivity contribution in [3.8, 4) is 0 Å². The minimum Gasteiger partial charge on any atom is -0.353 e. The summed E-state index contributed by atoms with van der Waals surface area (Å²) in [6.45, 7) is -10.5. The van der Waals surface area contributed by atoms with Crippen LogP contribution in [0.3, 0.4) is 0 Å². The molecule has 0 radical (unpaired) electrons. The SMILES string of the molecule is [2H]C([2H])([2H])C([2H])([2H])OC(CCCCC)OC([2H])([2H])C([2H])([2H])[2H]. The predicted octanol–water partition coefficient (Wildman–Crippen LogP) is 2.97. The fourth-order valence-corrected chi connectivity index (χ4v) is 0.834. The second-order valence-corrected chi connectivity index (χ2v) is 2.37. The van der Waals surface area contributed by atoms with Gasteiger partial charge in [0.2, 0.25) is 0 Å². The lowest BCUT2D eigenvalue weighted by atomic mass is 10.2. The first-order valence-electron chi connectivity index (χ1n) is 9.00. The van der Waals surface area contributed by atoms with E-state index in [0.29, 0.717) is 12.8 Å². The fraction of sp³-hybridized carbons (Fsp3) is 1.00. The number of hydrogen-bond acceptors (Lipinski definition) is 2. The molecule has 0 saturated carbocycles. The van der Waals surface area contributed by atoms with E-state index < -0.39 is 33.1 Å². The Morgan fingerprint density at radius 1 is 1.25 bits per heavy atom. The molecule has 2 nitrogen and oxygen atoms in total. The Kier molecular flexibility index (Phi) is 2.44. The monoisotopic (exact) mass is 184 g/mol. The molecule has 0 aromatic heterocycles. The molecule has 0 aliphatic carbocycles. The molecule has 0 bridgehead atoms. The van der Waals surface area contributed by atoms with Crippen LogP contribution >= 0.6 is 0 Å². The van der Waals surface area contributed by atoms with Gasteiger partial charge in [0.05, 0.1) is 5.48 Å². The first kappa shape index (κ1) is 3.25. The normalized spacial score (nSPS) is 27.8. The zero-order chi connectivity index (χ0) is 17.8. The summed E-state index contributed by atoms with van der Waals surface area (Å²) in [7, 11) is 0. The molecule has 12 heavy (non-hydrogen) atoms. The van der Waals surface area contributed by atoms with Crippen molar-refractivity contribution in [3.05, 3.63) is 0 Å². The lowest BCUT2D eigenvalue weighted by Crippen LogP contribution is -2.16. The highest BCUT2D eigenvalue weighted by Crippen LogP contribution is 2.07. The standard InChI is InChI=1S/C10H22O2/c1-4-7-8-9-10(11-5-2)12-6-3/h10H,4-9H2,1-3H3/i2D3,3D3,5D2,6D2. The van der Waals surface area contributed by atoms with Gasteiger partial charge in [0.1, 0.15) is 0 Å². The number of rotatable bonds is 8. The zero-order valence-electron chi connectivity index (χ0n) is 17.2. The van der Waals surface area contributed by atoms with Crippen molar-refractivity contribution in [1.82, 2.24) is 0 Å². The summed E-state index contributed by atoms with van der Waals surface area (Å²) >= 11 is 0. The molecule has 0 heterocycles. The van der Waals surface area contributed by atoms with Crippen molar-refractivity contribution in [2.24, 2.45) is 0 Å². The maximum Gasteiger partial charge on any atom is 0.157 e. The molecule has 0 aliphatic heterocycles. The van der Waals surface area contributed by atoms with Crippen molar-refractivity contribution in [1.29, 1.82) is 0 Å². The van der Waals surface area contributed by atoms with Crippen molar-refractivity contribution < 1.29 is 23.2 Å². The molecular weight excluding hydrogens is 152 g/mol. The minimum absolute atomic E-state index is 0.0149. The van der Waals surface area contributed by atoms with Crippen molar-refractivity contribution >= 4 is 0 Å². The summed E-state index contributed by atoms with van der Waals surface area (Å²) in [6, 6.07) is 0. The number of hydrogen-bond donors (Lipinski definition) is 0. The van der Waals surface area contributed by atoms with E-state index in [1.807, 2.05) is 6.92 Å². The van der Waals surface area contributed by atoms with Gasteiger partial charge in [0.15, 0.2) is 6.29 Å². The van der Waals surface area contributed by atoms with Crippen LogP contribution in [-0.2, 0) is 9.47 Å². The van der Waals surface area contributed by atoms with E-state index >= 15 is 0 Å². The Morgan fingerprint density at radius 3 is 2.42 bits per heavy atom. The summed E-state index contributed by atoms with van der Waals surface area (Å²) in [4.78, 5) is 0. The van der Waals surface area contributed by atoms with Gasteiger partial charge in [0.25, 0.3) is 0 Å². The van der Waals surface area contributed by atoms with E-state index in [-0.39, 0.29) is 6.42 Å². The van der Waals surface area contributed by atoms with Gasteiger partial charge in [-0.3, -0.25) is 0 Å². The summed E-state index contributed by atoms with van der Waals surface area (Å²) in [5, 5.41) is 0. The zero-order valence-corrected chi connectivity index (χ0v) is 7.22. The Bertz CT molecular complexity index is 308. The van der Waals surface area contributed by atoms with Crippen molar-refractivity contribution in [3.63, 3.8) is 0 Å². The Hall–Kier alpha value is -0.0800. The first-order valence-corrected chi connectivity index (χ1v) is 4.00. The third-order valence-corrected chi connectivity index (χ3v) is 1.42. The molecule has 0 atom stereocenters. The van der Waals surface area contributed by atoms with Crippen LogP contribution in [0.2, 0.25) is 0 Å². The van der Waals surface area contributed by atoms with E-state index in [0.717, 1.165) is 6.42 Å². The quantitative estimate of drug-likeness (QED) is 0.426. The highest BCUT2D eigenvalue weighted by molar-refractivity contribution is 4.46. The predicted molar refractivity (Wildman–Crippen MR) is 51.2 cm³/mol.